The highest BCUT2D eigenvalue weighted by molar-refractivity contribution is 7.89. The van der Waals surface area contributed by atoms with Gasteiger partial charge in [-0.2, -0.15) is 41.2 Å². The molecule has 0 bridgehead atoms. The van der Waals surface area contributed by atoms with Gasteiger partial charge in [-0.15, -0.1) is 0 Å². The first-order valence-electron chi connectivity index (χ1n) is 6.32. The van der Waals surface area contributed by atoms with Crippen molar-refractivity contribution in [1.82, 2.24) is 4.31 Å². The number of nitrogens with zero attached hydrogens (tertiary/aromatic N) is 3. The van der Waals surface area contributed by atoms with E-state index in [9.17, 15) is 34.8 Å². The SMILES string of the molecule is N#CCN(Cc1cc(C(F)(F)F)ccc1C(F)(F)F)S(=O)(=O)CC#N. The number of alkyl halides is 6. The normalized spacial score (nSPS) is 12.7. The highest BCUT2D eigenvalue weighted by atomic mass is 32.2. The molecule has 0 saturated carbocycles. The minimum atomic E-state index is -5.03. The molecule has 0 N–H and O–H groups in total. The van der Waals surface area contributed by atoms with E-state index < -0.39 is 57.9 Å². The molecule has 0 spiro atoms. The Bertz CT molecular complexity index is 818. The molecule has 25 heavy (non-hydrogen) atoms. The summed E-state index contributed by atoms with van der Waals surface area (Å²) in [5, 5.41) is 17.1. The molecular weight excluding hydrogens is 376 g/mol. The summed E-state index contributed by atoms with van der Waals surface area (Å²) in [7, 11) is -4.44. The van der Waals surface area contributed by atoms with Gasteiger partial charge in [0, 0.05) is 6.54 Å². The van der Waals surface area contributed by atoms with Gasteiger partial charge in [0.15, 0.2) is 5.75 Å². The Morgan fingerprint density at radius 3 is 2.04 bits per heavy atom. The summed E-state index contributed by atoms with van der Waals surface area (Å²) in [5.41, 5.74) is -3.83. The molecule has 0 saturated heterocycles. The predicted molar refractivity (Wildman–Crippen MR) is 71.9 cm³/mol. The van der Waals surface area contributed by atoms with Crippen LogP contribution in [0.2, 0.25) is 0 Å². The van der Waals surface area contributed by atoms with Crippen molar-refractivity contribution in [1.29, 1.82) is 10.5 Å². The van der Waals surface area contributed by atoms with Gasteiger partial charge in [0.2, 0.25) is 10.0 Å². The fourth-order valence-electron chi connectivity index (χ4n) is 1.87. The molecule has 1 aromatic rings. The van der Waals surface area contributed by atoms with Gasteiger partial charge in [-0.3, -0.25) is 0 Å². The monoisotopic (exact) mass is 385 g/mol. The molecule has 12 heteroatoms. The molecular formula is C13H9F6N3O2S. The molecule has 0 aliphatic carbocycles. The average Bonchev–Trinajstić information content (AvgIpc) is 2.44. The average molecular weight is 385 g/mol. The van der Waals surface area contributed by atoms with E-state index in [0.29, 0.717) is 0 Å². The molecule has 0 amide bonds. The summed E-state index contributed by atoms with van der Waals surface area (Å²) in [4.78, 5) is 0. The molecule has 136 valence electrons. The van der Waals surface area contributed by atoms with Gasteiger partial charge in [-0.25, -0.2) is 8.42 Å². The summed E-state index contributed by atoms with van der Waals surface area (Å²) < 4.78 is 101. The first-order valence-corrected chi connectivity index (χ1v) is 7.93. The number of nitriles is 2. The highest BCUT2D eigenvalue weighted by Crippen LogP contribution is 2.37. The molecule has 0 unspecified atom stereocenters. The number of benzene rings is 1. The van der Waals surface area contributed by atoms with Crippen molar-refractivity contribution in [3.05, 3.63) is 34.9 Å². The largest absolute Gasteiger partial charge is 0.416 e. The lowest BCUT2D eigenvalue weighted by atomic mass is 10.0. The third-order valence-electron chi connectivity index (χ3n) is 2.97. The van der Waals surface area contributed by atoms with E-state index >= 15 is 0 Å². The first-order chi connectivity index (χ1) is 11.3. The maximum atomic E-state index is 13.0. The summed E-state index contributed by atoms with van der Waals surface area (Å²) in [6, 6.07) is 3.26. The van der Waals surface area contributed by atoms with Crippen molar-refractivity contribution in [2.45, 2.75) is 18.9 Å². The maximum absolute atomic E-state index is 13.0. The van der Waals surface area contributed by atoms with Crippen LogP contribution in [0.25, 0.3) is 0 Å². The highest BCUT2D eigenvalue weighted by Gasteiger charge is 2.38. The smallest absolute Gasteiger partial charge is 0.211 e. The molecule has 0 fully saturated rings. The van der Waals surface area contributed by atoms with Crippen LogP contribution in [0.3, 0.4) is 0 Å². The van der Waals surface area contributed by atoms with E-state index in [2.05, 4.69) is 0 Å². The number of hydrogen-bond donors (Lipinski definition) is 0. The molecule has 0 aromatic heterocycles. The lowest BCUT2D eigenvalue weighted by Gasteiger charge is -2.21. The van der Waals surface area contributed by atoms with Gasteiger partial charge in [0.25, 0.3) is 0 Å². The van der Waals surface area contributed by atoms with Crippen LogP contribution in [0.5, 0.6) is 0 Å². The second-order valence-electron chi connectivity index (χ2n) is 4.71. The Balaban J connectivity index is 3.46. The van der Waals surface area contributed by atoms with Gasteiger partial charge in [-0.05, 0) is 23.8 Å². The van der Waals surface area contributed by atoms with Gasteiger partial charge in [0.1, 0.15) is 6.54 Å². The lowest BCUT2D eigenvalue weighted by molar-refractivity contribution is -0.142. The van der Waals surface area contributed by atoms with Crippen LogP contribution in [0.4, 0.5) is 26.3 Å². The lowest BCUT2D eigenvalue weighted by Crippen LogP contribution is -2.33. The van der Waals surface area contributed by atoms with Crippen LogP contribution < -0.4 is 0 Å². The third-order valence-corrected chi connectivity index (χ3v) is 4.51. The predicted octanol–water partition coefficient (Wildman–Crippen LogP) is 2.90. The molecule has 0 aliphatic rings. The van der Waals surface area contributed by atoms with Gasteiger partial charge < -0.3 is 0 Å². The quantitative estimate of drug-likeness (QED) is 0.576. The summed E-state index contributed by atoms with van der Waals surface area (Å²) >= 11 is 0. The second-order valence-corrected chi connectivity index (χ2v) is 6.68. The Morgan fingerprint density at radius 2 is 1.60 bits per heavy atom. The number of rotatable bonds is 5. The fourth-order valence-corrected chi connectivity index (χ4v) is 2.81. The van der Waals surface area contributed by atoms with E-state index in [1.807, 2.05) is 0 Å². The Kier molecular flexibility index (Phi) is 6.05. The van der Waals surface area contributed by atoms with Crippen LogP contribution >= 0.6 is 0 Å². The number of halogens is 6. The molecule has 0 atom stereocenters. The van der Waals surface area contributed by atoms with E-state index in [1.54, 1.807) is 0 Å². The zero-order valence-corrected chi connectivity index (χ0v) is 13.0. The van der Waals surface area contributed by atoms with Crippen LogP contribution in [0, 0.1) is 22.7 Å². The van der Waals surface area contributed by atoms with E-state index in [-0.39, 0.29) is 22.5 Å². The Labute approximate surface area is 138 Å². The van der Waals surface area contributed by atoms with Gasteiger partial charge in [0.05, 0.1) is 23.3 Å². The Morgan fingerprint density at radius 1 is 1.00 bits per heavy atom. The third kappa shape index (κ3) is 5.34. The van der Waals surface area contributed by atoms with Crippen LogP contribution in [-0.4, -0.2) is 25.0 Å². The summed E-state index contributed by atoms with van der Waals surface area (Å²) in [6.45, 7) is -2.05. The second kappa shape index (κ2) is 7.29. The van der Waals surface area contributed by atoms with Crippen LogP contribution in [0.15, 0.2) is 18.2 Å². The summed E-state index contributed by atoms with van der Waals surface area (Å²) in [6.07, 6.45) is -9.97. The molecule has 5 nitrogen and oxygen atoms in total. The summed E-state index contributed by atoms with van der Waals surface area (Å²) in [5.74, 6) is -1.13. The minimum Gasteiger partial charge on any atom is -0.211 e. The standard InChI is InChI=1S/C13H9F6N3O2S/c14-12(15,16)10-1-2-11(13(17,18)19)9(7-10)8-22(5-3-20)25(23,24)6-4-21/h1-2,7H,5-6,8H2. The van der Waals surface area contributed by atoms with Crippen molar-refractivity contribution < 1.29 is 34.8 Å². The zero-order chi connectivity index (χ0) is 19.5. The van der Waals surface area contributed by atoms with Crippen molar-refractivity contribution in [2.24, 2.45) is 0 Å². The van der Waals surface area contributed by atoms with Crippen LogP contribution in [0.1, 0.15) is 16.7 Å². The van der Waals surface area contributed by atoms with Crippen molar-refractivity contribution in [3.63, 3.8) is 0 Å². The molecule has 0 aliphatic heterocycles. The molecule has 1 aromatic carbocycles. The molecule has 1 rings (SSSR count). The van der Waals surface area contributed by atoms with Gasteiger partial charge in [-0.1, -0.05) is 0 Å². The van der Waals surface area contributed by atoms with Crippen LogP contribution in [-0.2, 0) is 28.9 Å². The van der Waals surface area contributed by atoms with E-state index in [4.69, 9.17) is 10.5 Å². The number of sulfonamides is 1. The van der Waals surface area contributed by atoms with Gasteiger partial charge >= 0.3 is 12.4 Å². The van der Waals surface area contributed by atoms with Crippen molar-refractivity contribution in [2.75, 3.05) is 12.3 Å². The van der Waals surface area contributed by atoms with Crippen molar-refractivity contribution >= 4 is 10.0 Å². The van der Waals surface area contributed by atoms with Crippen molar-refractivity contribution in [3.8, 4) is 12.1 Å². The molecule has 0 radical (unpaired) electrons. The number of hydrogen-bond acceptors (Lipinski definition) is 4. The Hall–Kier alpha value is -2.31. The van der Waals surface area contributed by atoms with E-state index in [1.165, 1.54) is 12.1 Å². The topological polar surface area (TPSA) is 85.0 Å². The maximum Gasteiger partial charge on any atom is 0.416 e. The zero-order valence-electron chi connectivity index (χ0n) is 12.2. The first kappa shape index (κ1) is 20.7. The van der Waals surface area contributed by atoms with E-state index in [0.717, 1.165) is 0 Å². The fraction of sp³-hybridized carbons (Fsp3) is 0.385. The minimum absolute atomic E-state index is 0.176. The molecule has 0 heterocycles.